The highest BCUT2D eigenvalue weighted by molar-refractivity contribution is 5.27. The van der Waals surface area contributed by atoms with Gasteiger partial charge in [0.1, 0.15) is 5.75 Å². The highest BCUT2D eigenvalue weighted by Gasteiger charge is 2.27. The van der Waals surface area contributed by atoms with Crippen molar-refractivity contribution in [1.82, 2.24) is 0 Å². The van der Waals surface area contributed by atoms with E-state index in [-0.39, 0.29) is 5.54 Å². The van der Waals surface area contributed by atoms with Gasteiger partial charge in [0.15, 0.2) is 0 Å². The van der Waals surface area contributed by atoms with Crippen molar-refractivity contribution < 1.29 is 9.47 Å². The van der Waals surface area contributed by atoms with Gasteiger partial charge in [-0.05, 0) is 37.0 Å². The van der Waals surface area contributed by atoms with Gasteiger partial charge in [-0.1, -0.05) is 31.4 Å². The van der Waals surface area contributed by atoms with Gasteiger partial charge in [-0.15, -0.1) is 0 Å². The maximum absolute atomic E-state index is 6.33. The smallest absolute Gasteiger partial charge is 0.118 e. The van der Waals surface area contributed by atoms with Crippen LogP contribution in [0.1, 0.15) is 37.7 Å². The molecule has 2 rings (SSSR count). The van der Waals surface area contributed by atoms with Crippen molar-refractivity contribution in [1.29, 1.82) is 0 Å². The Morgan fingerprint density at radius 2 is 1.79 bits per heavy atom. The van der Waals surface area contributed by atoms with Crippen LogP contribution in [-0.2, 0) is 11.2 Å². The average molecular weight is 263 g/mol. The lowest BCUT2D eigenvalue weighted by atomic mass is 9.83. The summed E-state index contributed by atoms with van der Waals surface area (Å²) in [6.07, 6.45) is 6.96. The van der Waals surface area contributed by atoms with Crippen LogP contribution < -0.4 is 10.5 Å². The van der Waals surface area contributed by atoms with Gasteiger partial charge in [0.05, 0.1) is 20.3 Å². The molecule has 0 radical (unpaired) electrons. The number of methoxy groups -OCH3 is 1. The van der Waals surface area contributed by atoms with E-state index < -0.39 is 0 Å². The molecule has 1 fully saturated rings. The predicted octanol–water partition coefficient (Wildman–Crippen LogP) is 2.92. The Morgan fingerprint density at radius 3 is 2.42 bits per heavy atom. The number of hydrogen-bond acceptors (Lipinski definition) is 3. The van der Waals surface area contributed by atoms with Crippen LogP contribution in [0.3, 0.4) is 0 Å². The van der Waals surface area contributed by atoms with Gasteiger partial charge in [0.25, 0.3) is 0 Å². The van der Waals surface area contributed by atoms with Crippen LogP contribution in [0.25, 0.3) is 0 Å². The third kappa shape index (κ3) is 4.51. The number of hydrogen-bond donors (Lipinski definition) is 1. The summed E-state index contributed by atoms with van der Waals surface area (Å²) in [6.45, 7) is 1.44. The first kappa shape index (κ1) is 14.4. The van der Waals surface area contributed by atoms with Crippen LogP contribution in [0.15, 0.2) is 24.3 Å². The van der Waals surface area contributed by atoms with Gasteiger partial charge in [-0.25, -0.2) is 0 Å². The molecular weight excluding hydrogens is 238 g/mol. The number of nitrogens with two attached hydrogens (primary N) is 1. The third-order valence-electron chi connectivity index (χ3n) is 3.93. The second-order valence-corrected chi connectivity index (χ2v) is 5.57. The molecule has 19 heavy (non-hydrogen) atoms. The van der Waals surface area contributed by atoms with Crippen molar-refractivity contribution in [2.24, 2.45) is 5.73 Å². The van der Waals surface area contributed by atoms with Crippen LogP contribution in [0, 0.1) is 0 Å². The Balaban J connectivity index is 1.68. The van der Waals surface area contributed by atoms with Gasteiger partial charge in [0, 0.05) is 5.54 Å². The molecule has 1 saturated carbocycles. The fourth-order valence-electron chi connectivity index (χ4n) is 2.66. The van der Waals surface area contributed by atoms with E-state index in [1.54, 1.807) is 7.11 Å². The summed E-state index contributed by atoms with van der Waals surface area (Å²) in [5.41, 5.74) is 7.54. The van der Waals surface area contributed by atoms with Gasteiger partial charge in [-0.3, -0.25) is 0 Å². The zero-order valence-electron chi connectivity index (χ0n) is 11.9. The summed E-state index contributed by atoms with van der Waals surface area (Å²) in [4.78, 5) is 0. The Labute approximate surface area is 116 Å². The molecule has 106 valence electrons. The van der Waals surface area contributed by atoms with Crippen LogP contribution >= 0.6 is 0 Å². The van der Waals surface area contributed by atoms with Crippen LogP contribution in [0.2, 0.25) is 0 Å². The fraction of sp³-hybridized carbons (Fsp3) is 0.625. The van der Waals surface area contributed by atoms with E-state index >= 15 is 0 Å². The van der Waals surface area contributed by atoms with Crippen molar-refractivity contribution >= 4 is 0 Å². The third-order valence-corrected chi connectivity index (χ3v) is 3.93. The molecule has 0 unspecified atom stereocenters. The monoisotopic (exact) mass is 263 g/mol. The Bertz CT molecular complexity index is 369. The van der Waals surface area contributed by atoms with Crippen molar-refractivity contribution in [2.45, 2.75) is 44.1 Å². The highest BCUT2D eigenvalue weighted by atomic mass is 16.5. The van der Waals surface area contributed by atoms with Gasteiger partial charge in [-0.2, -0.15) is 0 Å². The maximum Gasteiger partial charge on any atom is 0.118 e. The molecule has 0 heterocycles. The van der Waals surface area contributed by atoms with Crippen molar-refractivity contribution in [3.05, 3.63) is 29.8 Å². The number of rotatable bonds is 6. The predicted molar refractivity (Wildman–Crippen MR) is 77.5 cm³/mol. The first-order valence-electron chi connectivity index (χ1n) is 7.21. The summed E-state index contributed by atoms with van der Waals surface area (Å²) in [5, 5.41) is 0. The fourth-order valence-corrected chi connectivity index (χ4v) is 2.66. The Kier molecular flexibility index (Phi) is 5.23. The first-order valence-corrected chi connectivity index (χ1v) is 7.21. The van der Waals surface area contributed by atoms with E-state index in [0.717, 1.165) is 31.6 Å². The van der Waals surface area contributed by atoms with E-state index in [1.165, 1.54) is 24.8 Å². The second kappa shape index (κ2) is 6.92. The number of benzene rings is 1. The molecule has 1 aromatic rings. The van der Waals surface area contributed by atoms with Gasteiger partial charge in [0.2, 0.25) is 0 Å². The minimum Gasteiger partial charge on any atom is -0.497 e. The molecule has 1 aliphatic rings. The van der Waals surface area contributed by atoms with Gasteiger partial charge < -0.3 is 15.2 Å². The molecule has 0 bridgehead atoms. The topological polar surface area (TPSA) is 44.5 Å². The zero-order valence-corrected chi connectivity index (χ0v) is 11.9. The second-order valence-electron chi connectivity index (χ2n) is 5.57. The molecule has 0 amide bonds. The molecule has 0 saturated heterocycles. The van der Waals surface area contributed by atoms with E-state index in [2.05, 4.69) is 12.1 Å². The van der Waals surface area contributed by atoms with Gasteiger partial charge >= 0.3 is 0 Å². The highest BCUT2D eigenvalue weighted by Crippen LogP contribution is 2.26. The van der Waals surface area contributed by atoms with Crippen molar-refractivity contribution in [3.8, 4) is 5.75 Å². The molecule has 1 aliphatic carbocycles. The summed E-state index contributed by atoms with van der Waals surface area (Å²) < 4.78 is 10.9. The average Bonchev–Trinajstić information content (AvgIpc) is 2.45. The summed E-state index contributed by atoms with van der Waals surface area (Å²) in [5.74, 6) is 0.896. The van der Waals surface area contributed by atoms with Crippen LogP contribution in [0.5, 0.6) is 5.75 Å². The van der Waals surface area contributed by atoms with E-state index in [4.69, 9.17) is 15.2 Å². The van der Waals surface area contributed by atoms with E-state index in [9.17, 15) is 0 Å². The van der Waals surface area contributed by atoms with E-state index in [1.807, 2.05) is 12.1 Å². The van der Waals surface area contributed by atoms with Crippen molar-refractivity contribution in [3.63, 3.8) is 0 Å². The zero-order chi connectivity index (χ0) is 13.6. The lowest BCUT2D eigenvalue weighted by Gasteiger charge is -2.33. The minimum atomic E-state index is -0.0713. The summed E-state index contributed by atoms with van der Waals surface area (Å²) in [7, 11) is 1.68. The molecule has 0 aliphatic heterocycles. The largest absolute Gasteiger partial charge is 0.497 e. The van der Waals surface area contributed by atoms with Crippen molar-refractivity contribution in [2.75, 3.05) is 20.3 Å². The maximum atomic E-state index is 6.33. The normalized spacial score (nSPS) is 18.2. The lowest BCUT2D eigenvalue weighted by Crippen LogP contribution is -2.46. The SMILES string of the molecule is COc1ccc(CCOCC2(N)CCCCC2)cc1. The summed E-state index contributed by atoms with van der Waals surface area (Å²) in [6, 6.07) is 8.14. The minimum absolute atomic E-state index is 0.0713. The molecule has 0 aromatic heterocycles. The standard InChI is InChI=1S/C16H25NO2/c1-18-15-7-5-14(6-8-15)9-12-19-13-16(17)10-3-2-4-11-16/h5-8H,2-4,9-13,17H2,1H3. The van der Waals surface area contributed by atoms with Crippen LogP contribution in [0.4, 0.5) is 0 Å². The quantitative estimate of drug-likeness (QED) is 0.803. The number of ether oxygens (including phenoxy) is 2. The molecule has 2 N–H and O–H groups in total. The molecule has 1 aromatic carbocycles. The lowest BCUT2D eigenvalue weighted by molar-refractivity contribution is 0.0698. The molecule has 3 heteroatoms. The molecule has 0 spiro atoms. The summed E-state index contributed by atoms with van der Waals surface area (Å²) >= 11 is 0. The molecule has 0 atom stereocenters. The molecule has 3 nitrogen and oxygen atoms in total. The molecular formula is C16H25NO2. The Hall–Kier alpha value is -1.06. The Morgan fingerprint density at radius 1 is 1.11 bits per heavy atom. The van der Waals surface area contributed by atoms with Crippen LogP contribution in [-0.4, -0.2) is 25.9 Å². The van der Waals surface area contributed by atoms with E-state index in [0.29, 0.717) is 6.61 Å². The first-order chi connectivity index (χ1) is 9.22.